The van der Waals surface area contributed by atoms with Crippen LogP contribution in [-0.4, -0.2) is 53.6 Å². The number of aromatic nitrogens is 2. The summed E-state index contributed by atoms with van der Waals surface area (Å²) in [7, 11) is 0. The number of anilines is 1. The van der Waals surface area contributed by atoms with Gasteiger partial charge >= 0.3 is 0 Å². The fourth-order valence-electron chi connectivity index (χ4n) is 3.57. The van der Waals surface area contributed by atoms with Crippen LogP contribution in [0.3, 0.4) is 0 Å². The lowest BCUT2D eigenvalue weighted by Gasteiger charge is -2.34. The second kappa shape index (κ2) is 7.72. The molecule has 138 valence electrons. The van der Waals surface area contributed by atoms with Gasteiger partial charge in [0.1, 0.15) is 6.10 Å². The molecule has 2 aromatic rings. The summed E-state index contributed by atoms with van der Waals surface area (Å²) in [4.78, 5) is 27.3. The average molecular weight is 372 g/mol. The second-order valence-electron chi connectivity index (χ2n) is 6.86. The van der Waals surface area contributed by atoms with Crippen LogP contribution in [0.1, 0.15) is 42.4 Å². The minimum atomic E-state index is -0.187. The lowest BCUT2D eigenvalue weighted by Crippen LogP contribution is -2.44. The van der Waals surface area contributed by atoms with Crippen molar-refractivity contribution in [2.24, 2.45) is 0 Å². The molecule has 0 spiro atoms. The van der Waals surface area contributed by atoms with Crippen molar-refractivity contribution in [3.8, 4) is 0 Å². The van der Waals surface area contributed by atoms with Crippen molar-refractivity contribution in [1.82, 2.24) is 14.9 Å². The molecule has 2 aliphatic heterocycles. The van der Waals surface area contributed by atoms with Gasteiger partial charge in [0.05, 0.1) is 24.8 Å². The highest BCUT2D eigenvalue weighted by molar-refractivity contribution is 7.10. The standard InChI is InChI=1S/C19H24N4O2S/c1-14(17-5-4-12-26-17)18(24)23-10-11-25-16(13-23)15-6-7-20-19(21-15)22-8-2-3-9-22/h4-7,12,14,16H,2-3,8-11,13H2,1H3. The molecule has 2 saturated heterocycles. The molecule has 6 nitrogen and oxygen atoms in total. The Balaban J connectivity index is 1.46. The van der Waals surface area contributed by atoms with Gasteiger partial charge in [-0.05, 0) is 37.3 Å². The van der Waals surface area contributed by atoms with Crippen LogP contribution in [0.2, 0.25) is 0 Å². The predicted octanol–water partition coefficient (Wildman–Crippen LogP) is 2.84. The van der Waals surface area contributed by atoms with Crippen LogP contribution in [0.15, 0.2) is 29.8 Å². The number of morpholine rings is 1. The van der Waals surface area contributed by atoms with Crippen LogP contribution >= 0.6 is 11.3 Å². The highest BCUT2D eigenvalue weighted by atomic mass is 32.1. The first-order valence-electron chi connectivity index (χ1n) is 9.24. The van der Waals surface area contributed by atoms with E-state index in [1.54, 1.807) is 17.5 Å². The monoisotopic (exact) mass is 372 g/mol. The summed E-state index contributed by atoms with van der Waals surface area (Å²) in [5.74, 6) is 0.827. The van der Waals surface area contributed by atoms with Crippen LogP contribution < -0.4 is 4.90 Å². The third-order valence-corrected chi connectivity index (χ3v) is 6.16. The molecule has 0 saturated carbocycles. The number of hydrogen-bond donors (Lipinski definition) is 0. The van der Waals surface area contributed by atoms with Crippen LogP contribution in [0.4, 0.5) is 5.95 Å². The van der Waals surface area contributed by atoms with E-state index in [4.69, 9.17) is 9.72 Å². The fourth-order valence-corrected chi connectivity index (χ4v) is 4.35. The van der Waals surface area contributed by atoms with Gasteiger partial charge in [-0.25, -0.2) is 9.97 Å². The molecule has 0 N–H and O–H groups in total. The Kier molecular flexibility index (Phi) is 5.17. The molecule has 0 aliphatic carbocycles. The molecule has 2 atom stereocenters. The van der Waals surface area contributed by atoms with Crippen molar-refractivity contribution >= 4 is 23.2 Å². The van der Waals surface area contributed by atoms with Crippen molar-refractivity contribution in [2.75, 3.05) is 37.7 Å². The van der Waals surface area contributed by atoms with Gasteiger partial charge in [0.25, 0.3) is 0 Å². The Morgan fingerprint density at radius 3 is 2.92 bits per heavy atom. The largest absolute Gasteiger partial charge is 0.368 e. The van der Waals surface area contributed by atoms with Crippen molar-refractivity contribution in [3.63, 3.8) is 0 Å². The Morgan fingerprint density at radius 1 is 1.31 bits per heavy atom. The predicted molar refractivity (Wildman–Crippen MR) is 101 cm³/mol. The summed E-state index contributed by atoms with van der Waals surface area (Å²) in [6.07, 6.45) is 3.99. The summed E-state index contributed by atoms with van der Waals surface area (Å²) >= 11 is 1.63. The van der Waals surface area contributed by atoms with Gasteiger partial charge in [-0.3, -0.25) is 4.79 Å². The van der Waals surface area contributed by atoms with Crippen LogP contribution in [0.25, 0.3) is 0 Å². The van der Waals surface area contributed by atoms with E-state index in [1.807, 2.05) is 35.4 Å². The molecule has 26 heavy (non-hydrogen) atoms. The van der Waals surface area contributed by atoms with E-state index >= 15 is 0 Å². The summed E-state index contributed by atoms with van der Waals surface area (Å²) in [6.45, 7) is 5.72. The number of hydrogen-bond acceptors (Lipinski definition) is 6. The zero-order valence-electron chi connectivity index (χ0n) is 15.0. The van der Waals surface area contributed by atoms with E-state index < -0.39 is 0 Å². The van der Waals surface area contributed by atoms with E-state index in [1.165, 1.54) is 12.8 Å². The summed E-state index contributed by atoms with van der Waals surface area (Å²) in [5, 5.41) is 2.02. The minimum absolute atomic E-state index is 0.112. The molecule has 2 fully saturated rings. The molecule has 0 aromatic carbocycles. The first-order chi connectivity index (χ1) is 12.7. The number of amides is 1. The molecule has 4 rings (SSSR count). The highest BCUT2D eigenvalue weighted by Gasteiger charge is 2.30. The van der Waals surface area contributed by atoms with E-state index in [9.17, 15) is 4.79 Å². The molecule has 2 aliphatic rings. The van der Waals surface area contributed by atoms with Gasteiger partial charge in [0.15, 0.2) is 0 Å². The normalized spacial score (nSPS) is 21.8. The number of thiophene rings is 1. The fraction of sp³-hybridized carbons (Fsp3) is 0.526. The van der Waals surface area contributed by atoms with E-state index in [2.05, 4.69) is 9.88 Å². The Labute approximate surface area is 157 Å². The van der Waals surface area contributed by atoms with Crippen molar-refractivity contribution < 1.29 is 9.53 Å². The number of carbonyl (C=O) groups excluding carboxylic acids is 1. The van der Waals surface area contributed by atoms with E-state index in [0.29, 0.717) is 19.7 Å². The summed E-state index contributed by atoms with van der Waals surface area (Å²) < 4.78 is 5.93. The van der Waals surface area contributed by atoms with E-state index in [-0.39, 0.29) is 17.9 Å². The Hall–Kier alpha value is -1.99. The molecule has 2 unspecified atom stereocenters. The maximum Gasteiger partial charge on any atom is 0.230 e. The molecular weight excluding hydrogens is 348 g/mol. The third kappa shape index (κ3) is 3.59. The van der Waals surface area contributed by atoms with Gasteiger partial charge in [0, 0.05) is 30.7 Å². The maximum absolute atomic E-state index is 12.9. The van der Waals surface area contributed by atoms with Gasteiger partial charge in [0.2, 0.25) is 11.9 Å². The first kappa shape index (κ1) is 17.4. The van der Waals surface area contributed by atoms with Gasteiger partial charge < -0.3 is 14.5 Å². The van der Waals surface area contributed by atoms with Crippen molar-refractivity contribution in [3.05, 3.63) is 40.3 Å². The van der Waals surface area contributed by atoms with Gasteiger partial charge in [-0.2, -0.15) is 0 Å². The Morgan fingerprint density at radius 2 is 2.15 bits per heavy atom. The zero-order valence-corrected chi connectivity index (χ0v) is 15.8. The van der Waals surface area contributed by atoms with Crippen LogP contribution in [-0.2, 0) is 9.53 Å². The molecule has 0 bridgehead atoms. The van der Waals surface area contributed by atoms with Gasteiger partial charge in [-0.15, -0.1) is 11.3 Å². The van der Waals surface area contributed by atoms with E-state index in [0.717, 1.165) is 29.6 Å². The third-order valence-electron chi connectivity index (χ3n) is 5.10. The SMILES string of the molecule is CC(C(=O)N1CCOC(c2ccnc(N3CCCC3)n2)C1)c1cccs1. The number of ether oxygens (including phenoxy) is 1. The zero-order chi connectivity index (χ0) is 17.9. The second-order valence-corrected chi connectivity index (χ2v) is 7.84. The molecule has 7 heteroatoms. The average Bonchev–Trinajstić information content (AvgIpc) is 3.41. The molecule has 2 aromatic heterocycles. The number of rotatable bonds is 4. The quantitative estimate of drug-likeness (QED) is 0.826. The smallest absolute Gasteiger partial charge is 0.230 e. The molecule has 4 heterocycles. The summed E-state index contributed by atoms with van der Waals surface area (Å²) in [5.41, 5.74) is 0.864. The number of nitrogens with zero attached hydrogens (tertiary/aromatic N) is 4. The first-order valence-corrected chi connectivity index (χ1v) is 10.1. The summed E-state index contributed by atoms with van der Waals surface area (Å²) in [6, 6.07) is 5.92. The molecular formula is C19H24N4O2S. The lowest BCUT2D eigenvalue weighted by atomic mass is 10.1. The number of carbonyl (C=O) groups is 1. The van der Waals surface area contributed by atoms with Gasteiger partial charge in [-0.1, -0.05) is 6.07 Å². The topological polar surface area (TPSA) is 58.6 Å². The minimum Gasteiger partial charge on any atom is -0.368 e. The molecule has 0 radical (unpaired) electrons. The molecule has 1 amide bonds. The Bertz CT molecular complexity index is 746. The maximum atomic E-state index is 12.9. The van der Waals surface area contributed by atoms with Crippen molar-refractivity contribution in [2.45, 2.75) is 31.8 Å². The highest BCUT2D eigenvalue weighted by Crippen LogP contribution is 2.27. The van der Waals surface area contributed by atoms with Crippen LogP contribution in [0.5, 0.6) is 0 Å². The lowest BCUT2D eigenvalue weighted by molar-refractivity contribution is -0.140. The van der Waals surface area contributed by atoms with Crippen molar-refractivity contribution in [1.29, 1.82) is 0 Å². The van der Waals surface area contributed by atoms with Crippen LogP contribution in [0, 0.1) is 0 Å².